The van der Waals surface area contributed by atoms with Crippen molar-refractivity contribution in [2.75, 3.05) is 27.3 Å². The molecule has 1 aromatic carbocycles. The van der Waals surface area contributed by atoms with E-state index in [0.717, 1.165) is 80.7 Å². The molecule has 2 aromatic heterocycles. The quantitative estimate of drug-likeness (QED) is 0.134. The molecule has 4 N–H and O–H groups in total. The molecule has 3 aromatic rings. The number of ether oxygens (including phenoxy) is 2. The van der Waals surface area contributed by atoms with Gasteiger partial charge in [0.2, 0.25) is 11.8 Å². The zero-order valence-electron chi connectivity index (χ0n) is 34.6. The van der Waals surface area contributed by atoms with Crippen LogP contribution >= 0.6 is 0 Å². The number of nitrogens with one attached hydrogen (secondary N) is 4. The summed E-state index contributed by atoms with van der Waals surface area (Å²) in [6.45, 7) is 8.93. The number of hydrogen-bond donors (Lipinski definition) is 4. The van der Waals surface area contributed by atoms with Crippen molar-refractivity contribution in [1.29, 1.82) is 0 Å². The third kappa shape index (κ3) is 9.47. The number of aromatic nitrogens is 4. The molecule has 2 saturated heterocycles. The van der Waals surface area contributed by atoms with Crippen LogP contribution in [0.3, 0.4) is 0 Å². The normalized spacial score (nSPS) is 20.4. The average molecular weight is 787 g/mol. The van der Waals surface area contributed by atoms with Gasteiger partial charge >= 0.3 is 12.2 Å². The van der Waals surface area contributed by atoms with Crippen LogP contribution in [0.1, 0.15) is 133 Å². The second-order valence-electron chi connectivity index (χ2n) is 16.9. The molecule has 0 spiro atoms. The molecule has 4 atom stereocenters. The highest BCUT2D eigenvalue weighted by atomic mass is 16.5. The lowest BCUT2D eigenvalue weighted by molar-refractivity contribution is -0.136. The van der Waals surface area contributed by atoms with Gasteiger partial charge in [-0.2, -0.15) is 0 Å². The highest BCUT2D eigenvalue weighted by Crippen LogP contribution is 2.44. The summed E-state index contributed by atoms with van der Waals surface area (Å²) in [7, 11) is 2.61. The van der Waals surface area contributed by atoms with E-state index in [4.69, 9.17) is 19.4 Å². The molecular weight excluding hydrogens is 725 g/mol. The van der Waals surface area contributed by atoms with Crippen molar-refractivity contribution in [1.82, 2.24) is 40.4 Å². The predicted molar refractivity (Wildman–Crippen MR) is 216 cm³/mol. The fourth-order valence-electron chi connectivity index (χ4n) is 9.18. The Morgan fingerprint density at radius 2 is 1.28 bits per heavy atom. The largest absolute Gasteiger partial charge is 0.453 e. The Labute approximate surface area is 336 Å². The van der Waals surface area contributed by atoms with E-state index in [0.29, 0.717) is 13.1 Å². The Morgan fingerprint density at radius 3 is 1.81 bits per heavy atom. The minimum absolute atomic E-state index is 0.0240. The first-order valence-electron chi connectivity index (χ1n) is 20.9. The molecule has 310 valence electrons. The van der Waals surface area contributed by atoms with Crippen LogP contribution in [-0.2, 0) is 30.9 Å². The van der Waals surface area contributed by atoms with E-state index in [1.807, 2.05) is 49.9 Å². The minimum atomic E-state index is -0.674. The van der Waals surface area contributed by atoms with Crippen molar-refractivity contribution in [2.45, 2.75) is 134 Å². The number of rotatable bonds is 14. The fourth-order valence-corrected chi connectivity index (χ4v) is 9.18. The number of carbonyl (C=O) groups excluding carboxylic acids is 4. The number of likely N-dealkylation sites (tertiary alicyclic amines) is 2. The number of aryl methyl sites for hydroxylation is 1. The number of methoxy groups -OCH3 is 2. The molecule has 1 saturated carbocycles. The van der Waals surface area contributed by atoms with Crippen LogP contribution in [0.4, 0.5) is 9.59 Å². The summed E-state index contributed by atoms with van der Waals surface area (Å²) in [4.78, 5) is 71.8. The topological polar surface area (TPSA) is 175 Å². The number of hydrogen-bond acceptors (Lipinski definition) is 8. The van der Waals surface area contributed by atoms with Gasteiger partial charge in [0.05, 0.1) is 38.2 Å². The maximum atomic E-state index is 13.7. The van der Waals surface area contributed by atoms with Gasteiger partial charge in [0.1, 0.15) is 23.7 Å². The zero-order chi connectivity index (χ0) is 40.7. The molecular formula is C43H62N8O6. The molecule has 14 nitrogen and oxygen atoms in total. The monoisotopic (exact) mass is 786 g/mol. The first kappa shape index (κ1) is 41.7. The molecule has 0 unspecified atom stereocenters. The SMILES string of the molecule is COC(=O)N[C@H](C(=O)N1CCC[C@H]1c1ncc(-c2ccc(CCCC3(c4cnc([C@@H]5CCCN5C(=O)[C@@H](NC(=O)OC)C(C)C)[nH]4)CCCCC3)cc2)[nH]1)C(C)C. The summed E-state index contributed by atoms with van der Waals surface area (Å²) >= 11 is 0. The van der Waals surface area contributed by atoms with Gasteiger partial charge in [-0.05, 0) is 80.8 Å². The van der Waals surface area contributed by atoms with Crippen molar-refractivity contribution >= 4 is 24.0 Å². The number of imidazole rings is 2. The van der Waals surface area contributed by atoms with Gasteiger partial charge in [-0.15, -0.1) is 0 Å². The van der Waals surface area contributed by atoms with E-state index in [1.54, 1.807) is 0 Å². The number of amides is 4. The Bertz CT molecular complexity index is 1830. The lowest BCUT2D eigenvalue weighted by Gasteiger charge is -2.37. The van der Waals surface area contributed by atoms with Crippen molar-refractivity contribution < 1.29 is 28.7 Å². The second kappa shape index (κ2) is 18.6. The van der Waals surface area contributed by atoms with Crippen LogP contribution in [0.15, 0.2) is 36.7 Å². The maximum absolute atomic E-state index is 13.7. The van der Waals surface area contributed by atoms with Crippen LogP contribution < -0.4 is 10.6 Å². The minimum Gasteiger partial charge on any atom is -0.453 e. The number of nitrogens with zero attached hydrogens (tertiary/aromatic N) is 4. The van der Waals surface area contributed by atoms with Gasteiger partial charge in [-0.3, -0.25) is 9.59 Å². The standard InChI is InChI=1S/C43H62N8O6/c1-27(2)35(48-41(54)56-5)39(52)50-23-11-14-32(50)37-44-25-31(46-37)30-18-16-29(17-19-30)13-10-22-43(20-8-7-9-21-43)34-26-45-38(47-34)33-15-12-24-51(33)40(53)36(28(3)4)49-42(55)57-6/h16-19,25-28,32-33,35-36H,7-15,20-24H2,1-6H3,(H,44,46)(H,45,47)(H,48,54)(H,49,55)/t32-,33-,35-,36-/m0/s1. The smallest absolute Gasteiger partial charge is 0.407 e. The Hall–Kier alpha value is -4.88. The number of alkyl carbamates (subject to hydrolysis) is 2. The lowest BCUT2D eigenvalue weighted by atomic mass is 9.69. The van der Waals surface area contributed by atoms with Gasteiger partial charge in [-0.25, -0.2) is 19.6 Å². The van der Waals surface area contributed by atoms with Crippen molar-refractivity contribution in [3.05, 3.63) is 59.6 Å². The average Bonchev–Trinajstić information content (AvgIpc) is 4.06. The summed E-state index contributed by atoms with van der Waals surface area (Å²) in [5.41, 5.74) is 4.42. The molecule has 0 bridgehead atoms. The van der Waals surface area contributed by atoms with Crippen LogP contribution in [-0.4, -0.2) is 93.1 Å². The molecule has 1 aliphatic carbocycles. The van der Waals surface area contributed by atoms with Gasteiger partial charge in [0.15, 0.2) is 0 Å². The molecule has 6 rings (SSSR count). The third-order valence-electron chi connectivity index (χ3n) is 12.4. The van der Waals surface area contributed by atoms with Gasteiger partial charge in [0.25, 0.3) is 0 Å². The first-order valence-corrected chi connectivity index (χ1v) is 20.9. The number of aromatic amines is 2. The van der Waals surface area contributed by atoms with E-state index in [-0.39, 0.29) is 41.1 Å². The molecule has 2 aliphatic heterocycles. The van der Waals surface area contributed by atoms with E-state index < -0.39 is 24.3 Å². The zero-order valence-corrected chi connectivity index (χ0v) is 34.6. The van der Waals surface area contributed by atoms with E-state index in [9.17, 15) is 19.2 Å². The summed E-state index contributed by atoms with van der Waals surface area (Å²) in [6, 6.07) is 6.99. The van der Waals surface area contributed by atoms with Crippen molar-refractivity contribution in [2.24, 2.45) is 11.8 Å². The highest BCUT2D eigenvalue weighted by molar-refractivity contribution is 5.87. The molecule has 57 heavy (non-hydrogen) atoms. The number of carbonyl (C=O) groups is 4. The first-order chi connectivity index (χ1) is 27.4. The van der Waals surface area contributed by atoms with E-state index >= 15 is 0 Å². The Balaban J connectivity index is 1.08. The highest BCUT2D eigenvalue weighted by Gasteiger charge is 2.41. The molecule has 3 fully saturated rings. The fraction of sp³-hybridized carbons (Fsp3) is 0.628. The third-order valence-corrected chi connectivity index (χ3v) is 12.4. The summed E-state index contributed by atoms with van der Waals surface area (Å²) in [5, 5.41) is 5.45. The maximum Gasteiger partial charge on any atom is 0.407 e. The molecule has 0 radical (unpaired) electrons. The summed E-state index contributed by atoms with van der Waals surface area (Å²) in [6.07, 6.45) is 14.9. The number of benzene rings is 1. The molecule has 14 heteroatoms. The molecule has 4 amide bonds. The van der Waals surface area contributed by atoms with Crippen LogP contribution in [0, 0.1) is 11.8 Å². The second-order valence-corrected chi connectivity index (χ2v) is 16.9. The van der Waals surface area contributed by atoms with Gasteiger partial charge in [0, 0.05) is 30.4 Å². The molecule has 3 aliphatic rings. The van der Waals surface area contributed by atoms with Crippen LogP contribution in [0.5, 0.6) is 0 Å². The predicted octanol–water partition coefficient (Wildman–Crippen LogP) is 7.11. The van der Waals surface area contributed by atoms with Crippen molar-refractivity contribution in [3.8, 4) is 11.3 Å². The number of H-pyrrole nitrogens is 2. The van der Waals surface area contributed by atoms with Gasteiger partial charge in [-0.1, -0.05) is 71.2 Å². The Morgan fingerprint density at radius 1 is 0.754 bits per heavy atom. The lowest BCUT2D eigenvalue weighted by Crippen LogP contribution is -2.51. The molecule has 4 heterocycles. The van der Waals surface area contributed by atoms with Crippen LogP contribution in [0.2, 0.25) is 0 Å². The Kier molecular flexibility index (Phi) is 13.6. The van der Waals surface area contributed by atoms with Crippen molar-refractivity contribution in [3.63, 3.8) is 0 Å². The van der Waals surface area contributed by atoms with E-state index in [2.05, 4.69) is 44.9 Å². The van der Waals surface area contributed by atoms with Gasteiger partial charge < -0.3 is 39.9 Å². The van der Waals surface area contributed by atoms with Crippen LogP contribution in [0.25, 0.3) is 11.3 Å². The summed E-state index contributed by atoms with van der Waals surface area (Å²) < 4.78 is 9.57. The van der Waals surface area contributed by atoms with E-state index in [1.165, 1.54) is 44.7 Å². The summed E-state index contributed by atoms with van der Waals surface area (Å²) in [5.74, 6) is 1.19.